The van der Waals surface area contributed by atoms with Gasteiger partial charge in [0.05, 0.1) is 5.56 Å². The first-order chi connectivity index (χ1) is 8.81. The van der Waals surface area contributed by atoms with Crippen LogP contribution in [-0.4, -0.2) is 29.1 Å². The van der Waals surface area contributed by atoms with Gasteiger partial charge in [-0.3, -0.25) is 4.79 Å². The maximum Gasteiger partial charge on any atom is 0.337 e. The largest absolute Gasteiger partial charge is 0.478 e. The monoisotopic (exact) mass is 264 g/mol. The minimum absolute atomic E-state index is 0.0497. The van der Waals surface area contributed by atoms with Gasteiger partial charge in [-0.2, -0.15) is 0 Å². The minimum Gasteiger partial charge on any atom is -0.478 e. The molecule has 5 nitrogen and oxygen atoms in total. The summed E-state index contributed by atoms with van der Waals surface area (Å²) in [7, 11) is 0. The highest BCUT2D eigenvalue weighted by Gasteiger charge is 2.17. The molecule has 0 heterocycles. The summed E-state index contributed by atoms with van der Waals surface area (Å²) in [6, 6.07) is 4.62. The second-order valence-corrected chi connectivity index (χ2v) is 4.88. The van der Waals surface area contributed by atoms with Crippen molar-refractivity contribution < 1.29 is 14.7 Å². The number of nitrogens with one attached hydrogen (secondary N) is 2. The van der Waals surface area contributed by atoms with E-state index in [1.165, 1.54) is 0 Å². The van der Waals surface area contributed by atoms with Crippen molar-refractivity contribution in [3.05, 3.63) is 29.3 Å². The van der Waals surface area contributed by atoms with Crippen LogP contribution in [0.2, 0.25) is 0 Å². The average molecular weight is 264 g/mol. The van der Waals surface area contributed by atoms with Crippen LogP contribution in [0.15, 0.2) is 18.2 Å². The normalized spacial score (nSPS) is 12.1. The van der Waals surface area contributed by atoms with Gasteiger partial charge >= 0.3 is 5.97 Å². The molecule has 1 aromatic carbocycles. The van der Waals surface area contributed by atoms with Crippen LogP contribution in [0.25, 0.3) is 0 Å². The SMILES string of the molecule is Cc1ccc(NC(C)C(=O)NC(C)C)c(C(=O)O)c1. The van der Waals surface area contributed by atoms with Crippen molar-refractivity contribution in [3.8, 4) is 0 Å². The van der Waals surface area contributed by atoms with Gasteiger partial charge in [0.1, 0.15) is 6.04 Å². The first-order valence-electron chi connectivity index (χ1n) is 6.22. The number of carboxylic acids is 1. The molecule has 1 amide bonds. The molecule has 1 unspecified atom stereocenters. The zero-order chi connectivity index (χ0) is 14.6. The number of aromatic carboxylic acids is 1. The summed E-state index contributed by atoms with van der Waals surface area (Å²) in [5.74, 6) is -1.17. The standard InChI is InChI=1S/C14H20N2O3/c1-8(2)15-13(17)10(4)16-12-6-5-9(3)7-11(12)14(18)19/h5-8,10,16H,1-4H3,(H,15,17)(H,18,19). The molecule has 19 heavy (non-hydrogen) atoms. The van der Waals surface area contributed by atoms with Crippen molar-refractivity contribution in [2.45, 2.75) is 39.8 Å². The third-order valence-electron chi connectivity index (χ3n) is 2.60. The van der Waals surface area contributed by atoms with Crippen molar-refractivity contribution in [3.63, 3.8) is 0 Å². The van der Waals surface area contributed by atoms with Crippen LogP contribution in [0, 0.1) is 6.92 Å². The molecule has 104 valence electrons. The minimum atomic E-state index is -1.01. The maximum atomic E-state index is 11.8. The molecular weight excluding hydrogens is 244 g/mol. The van der Waals surface area contributed by atoms with E-state index in [9.17, 15) is 9.59 Å². The third-order valence-corrected chi connectivity index (χ3v) is 2.60. The zero-order valence-electron chi connectivity index (χ0n) is 11.7. The summed E-state index contributed by atoms with van der Waals surface area (Å²) in [5, 5.41) is 14.9. The lowest BCUT2D eigenvalue weighted by molar-refractivity contribution is -0.122. The van der Waals surface area contributed by atoms with Crippen LogP contribution in [0.3, 0.4) is 0 Å². The van der Waals surface area contributed by atoms with Crippen LogP contribution >= 0.6 is 0 Å². The van der Waals surface area contributed by atoms with E-state index in [2.05, 4.69) is 10.6 Å². The van der Waals surface area contributed by atoms with E-state index in [4.69, 9.17) is 5.11 Å². The van der Waals surface area contributed by atoms with Gasteiger partial charge in [0.2, 0.25) is 5.91 Å². The van der Waals surface area contributed by atoms with Gasteiger partial charge in [-0.05, 0) is 39.8 Å². The molecule has 0 aliphatic heterocycles. The summed E-state index contributed by atoms with van der Waals surface area (Å²) >= 11 is 0. The summed E-state index contributed by atoms with van der Waals surface area (Å²) in [5.41, 5.74) is 1.48. The molecule has 0 aromatic heterocycles. The summed E-state index contributed by atoms with van der Waals surface area (Å²) in [6.07, 6.45) is 0. The van der Waals surface area contributed by atoms with Crippen LogP contribution in [0.1, 0.15) is 36.7 Å². The molecule has 0 aliphatic carbocycles. The van der Waals surface area contributed by atoms with Gasteiger partial charge in [0.25, 0.3) is 0 Å². The number of carbonyl (C=O) groups is 2. The number of amides is 1. The highest BCUT2D eigenvalue weighted by molar-refractivity contribution is 5.95. The lowest BCUT2D eigenvalue weighted by atomic mass is 10.1. The lowest BCUT2D eigenvalue weighted by Gasteiger charge is -2.18. The van der Waals surface area contributed by atoms with Gasteiger partial charge < -0.3 is 15.7 Å². The van der Waals surface area contributed by atoms with E-state index in [1.807, 2.05) is 26.8 Å². The molecule has 1 aromatic rings. The number of hydrogen-bond acceptors (Lipinski definition) is 3. The van der Waals surface area contributed by atoms with Gasteiger partial charge in [-0.15, -0.1) is 0 Å². The van der Waals surface area contributed by atoms with Crippen LogP contribution in [0.4, 0.5) is 5.69 Å². The zero-order valence-corrected chi connectivity index (χ0v) is 11.7. The maximum absolute atomic E-state index is 11.8. The Morgan fingerprint density at radius 1 is 1.21 bits per heavy atom. The number of rotatable bonds is 5. The van der Waals surface area contributed by atoms with Gasteiger partial charge in [0, 0.05) is 11.7 Å². The van der Waals surface area contributed by atoms with Gasteiger partial charge in [-0.25, -0.2) is 4.79 Å². The van der Waals surface area contributed by atoms with Crippen molar-refractivity contribution in [2.24, 2.45) is 0 Å². The molecule has 3 N–H and O–H groups in total. The Kier molecular flexibility index (Phi) is 4.92. The molecule has 0 saturated carbocycles. The van der Waals surface area contributed by atoms with Crippen molar-refractivity contribution in [2.75, 3.05) is 5.32 Å². The van der Waals surface area contributed by atoms with Gasteiger partial charge in [-0.1, -0.05) is 11.6 Å². The molecular formula is C14H20N2O3. The smallest absolute Gasteiger partial charge is 0.337 e. The van der Waals surface area contributed by atoms with E-state index in [0.717, 1.165) is 5.56 Å². The molecule has 5 heteroatoms. The molecule has 0 saturated heterocycles. The molecule has 0 fully saturated rings. The number of aryl methyl sites for hydroxylation is 1. The molecule has 0 spiro atoms. The Balaban J connectivity index is 2.87. The van der Waals surface area contributed by atoms with Crippen molar-refractivity contribution >= 4 is 17.6 Å². The Morgan fingerprint density at radius 2 is 1.84 bits per heavy atom. The topological polar surface area (TPSA) is 78.4 Å². The number of carbonyl (C=O) groups excluding carboxylic acids is 1. The Hall–Kier alpha value is -2.04. The predicted octanol–water partition coefficient (Wildman–Crippen LogP) is 2.02. The van der Waals surface area contributed by atoms with Crippen LogP contribution < -0.4 is 10.6 Å². The fourth-order valence-corrected chi connectivity index (χ4v) is 1.67. The number of anilines is 1. The predicted molar refractivity (Wildman–Crippen MR) is 74.5 cm³/mol. The van der Waals surface area contributed by atoms with E-state index in [0.29, 0.717) is 5.69 Å². The fourth-order valence-electron chi connectivity index (χ4n) is 1.67. The summed E-state index contributed by atoms with van der Waals surface area (Å²) < 4.78 is 0. The first-order valence-corrected chi connectivity index (χ1v) is 6.22. The molecule has 0 aliphatic rings. The second-order valence-electron chi connectivity index (χ2n) is 4.88. The number of carboxylic acid groups (broad SMARTS) is 1. The van der Waals surface area contributed by atoms with Crippen molar-refractivity contribution in [1.29, 1.82) is 0 Å². The summed E-state index contributed by atoms with van der Waals surface area (Å²) in [4.78, 5) is 22.9. The van der Waals surface area contributed by atoms with E-state index < -0.39 is 12.0 Å². The molecule has 1 atom stereocenters. The quantitative estimate of drug-likeness (QED) is 0.760. The Bertz CT molecular complexity index is 484. The average Bonchev–Trinajstić information content (AvgIpc) is 2.30. The highest BCUT2D eigenvalue weighted by Crippen LogP contribution is 2.18. The molecule has 0 bridgehead atoms. The van der Waals surface area contributed by atoms with Gasteiger partial charge in [0.15, 0.2) is 0 Å². The van der Waals surface area contributed by atoms with E-state index in [-0.39, 0.29) is 17.5 Å². The second kappa shape index (κ2) is 6.22. The van der Waals surface area contributed by atoms with E-state index in [1.54, 1.807) is 19.1 Å². The van der Waals surface area contributed by atoms with E-state index >= 15 is 0 Å². The first kappa shape index (κ1) is 15.0. The highest BCUT2D eigenvalue weighted by atomic mass is 16.4. The lowest BCUT2D eigenvalue weighted by Crippen LogP contribution is -2.41. The van der Waals surface area contributed by atoms with Crippen molar-refractivity contribution in [1.82, 2.24) is 5.32 Å². The van der Waals surface area contributed by atoms with Crippen LogP contribution in [0.5, 0.6) is 0 Å². The molecule has 0 radical (unpaired) electrons. The third kappa shape index (κ3) is 4.28. The number of benzene rings is 1. The fraction of sp³-hybridized carbons (Fsp3) is 0.429. The molecule has 1 rings (SSSR count). The Labute approximate surface area is 113 Å². The number of hydrogen-bond donors (Lipinski definition) is 3. The Morgan fingerprint density at radius 3 is 2.37 bits per heavy atom. The summed E-state index contributed by atoms with van der Waals surface area (Å²) in [6.45, 7) is 7.27. The van der Waals surface area contributed by atoms with Crippen LogP contribution in [-0.2, 0) is 4.79 Å².